The van der Waals surface area contributed by atoms with E-state index in [0.29, 0.717) is 37.4 Å². The number of rotatable bonds is 9. The van der Waals surface area contributed by atoms with Gasteiger partial charge >= 0.3 is 0 Å². The van der Waals surface area contributed by atoms with Gasteiger partial charge in [-0.25, -0.2) is 13.1 Å². The first-order valence-corrected chi connectivity index (χ1v) is 12.9. The van der Waals surface area contributed by atoms with Crippen LogP contribution in [0.2, 0.25) is 0 Å². The molecule has 1 atom stereocenters. The Bertz CT molecular complexity index is 678. The summed E-state index contributed by atoms with van der Waals surface area (Å²) in [6, 6.07) is 0.159. The maximum absolute atomic E-state index is 12.6. The number of guanidine groups is 1. The highest BCUT2D eigenvalue weighted by Crippen LogP contribution is 2.28. The van der Waals surface area contributed by atoms with Crippen LogP contribution in [0.4, 0.5) is 0 Å². The molecule has 8 nitrogen and oxygen atoms in total. The molecular weight excluding hydrogens is 517 g/mol. The number of carbonyl (C=O) groups is 1. The van der Waals surface area contributed by atoms with Crippen molar-refractivity contribution in [1.29, 1.82) is 0 Å². The van der Waals surface area contributed by atoms with Crippen LogP contribution in [-0.4, -0.2) is 69.7 Å². The van der Waals surface area contributed by atoms with Gasteiger partial charge in [0.05, 0.1) is 12.3 Å². The molecule has 174 valence electrons. The van der Waals surface area contributed by atoms with Crippen LogP contribution in [0.25, 0.3) is 0 Å². The molecule has 2 aliphatic carbocycles. The van der Waals surface area contributed by atoms with Gasteiger partial charge < -0.3 is 15.5 Å². The van der Waals surface area contributed by atoms with Crippen molar-refractivity contribution in [2.45, 2.75) is 64.3 Å². The lowest BCUT2D eigenvalue weighted by atomic mass is 9.86. The van der Waals surface area contributed by atoms with Crippen LogP contribution in [0.3, 0.4) is 0 Å². The molecule has 1 saturated heterocycles. The third-order valence-corrected chi connectivity index (χ3v) is 7.66. The fraction of sp³-hybridized carbons (Fsp3) is 0.900. The SMILES string of the molecule is CCNC(=NCCS(=O)(=O)NCC1CCC1)NC1CCN(C(=O)C2CCCC2)C1.I. The highest BCUT2D eigenvalue weighted by atomic mass is 127. The minimum atomic E-state index is -3.29. The Morgan fingerprint density at radius 3 is 2.47 bits per heavy atom. The summed E-state index contributed by atoms with van der Waals surface area (Å²) in [5.41, 5.74) is 0. The molecular formula is C20H38IN5O3S. The highest BCUT2D eigenvalue weighted by molar-refractivity contribution is 14.0. The van der Waals surface area contributed by atoms with Gasteiger partial charge in [-0.3, -0.25) is 9.79 Å². The van der Waals surface area contributed by atoms with Gasteiger partial charge in [0, 0.05) is 38.1 Å². The number of hydrogen-bond donors (Lipinski definition) is 3. The molecule has 0 aromatic carbocycles. The Morgan fingerprint density at radius 1 is 1.10 bits per heavy atom. The monoisotopic (exact) mass is 555 g/mol. The van der Waals surface area contributed by atoms with Gasteiger partial charge in [-0.1, -0.05) is 19.3 Å². The number of sulfonamides is 1. The predicted molar refractivity (Wildman–Crippen MR) is 131 cm³/mol. The summed E-state index contributed by atoms with van der Waals surface area (Å²) in [6.07, 6.45) is 8.74. The normalized spacial score (nSPS) is 23.2. The first kappa shape index (κ1) is 25.6. The highest BCUT2D eigenvalue weighted by Gasteiger charge is 2.32. The number of nitrogens with one attached hydrogen (secondary N) is 3. The Balaban J connectivity index is 0.00000320. The van der Waals surface area contributed by atoms with Gasteiger partial charge in [-0.05, 0) is 44.9 Å². The first-order valence-electron chi connectivity index (χ1n) is 11.3. The van der Waals surface area contributed by atoms with E-state index < -0.39 is 10.0 Å². The average Bonchev–Trinajstić information content (AvgIpc) is 3.32. The van der Waals surface area contributed by atoms with E-state index in [1.165, 1.54) is 19.3 Å². The fourth-order valence-electron chi connectivity index (χ4n) is 4.31. The largest absolute Gasteiger partial charge is 0.357 e. The van der Waals surface area contributed by atoms with Gasteiger partial charge in [0.25, 0.3) is 0 Å². The van der Waals surface area contributed by atoms with E-state index in [0.717, 1.165) is 38.6 Å². The summed E-state index contributed by atoms with van der Waals surface area (Å²) >= 11 is 0. The second-order valence-corrected chi connectivity index (χ2v) is 10.5. The number of nitrogens with zero attached hydrogens (tertiary/aromatic N) is 2. The van der Waals surface area contributed by atoms with E-state index in [1.807, 2.05) is 11.8 Å². The third kappa shape index (κ3) is 7.81. The van der Waals surface area contributed by atoms with Crippen LogP contribution < -0.4 is 15.4 Å². The Morgan fingerprint density at radius 2 is 1.83 bits per heavy atom. The predicted octanol–water partition coefficient (Wildman–Crippen LogP) is 1.67. The van der Waals surface area contributed by atoms with Crippen LogP contribution >= 0.6 is 24.0 Å². The molecule has 1 heterocycles. The summed E-state index contributed by atoms with van der Waals surface area (Å²) in [6.45, 7) is 4.94. The second kappa shape index (κ2) is 12.4. The van der Waals surface area contributed by atoms with Gasteiger partial charge in [-0.15, -0.1) is 24.0 Å². The van der Waals surface area contributed by atoms with Gasteiger partial charge in [0.1, 0.15) is 0 Å². The quantitative estimate of drug-likeness (QED) is 0.228. The van der Waals surface area contributed by atoms with E-state index in [2.05, 4.69) is 20.3 Å². The minimum absolute atomic E-state index is 0. The van der Waals surface area contributed by atoms with Gasteiger partial charge in [0.15, 0.2) is 5.96 Å². The van der Waals surface area contributed by atoms with Crippen LogP contribution in [0.5, 0.6) is 0 Å². The summed E-state index contributed by atoms with van der Waals surface area (Å²) < 4.78 is 27.0. The molecule has 3 rings (SSSR count). The van der Waals surface area contributed by atoms with Gasteiger partial charge in [-0.2, -0.15) is 0 Å². The standard InChI is InChI=1S/C20H37N5O3S.HI/c1-2-21-20(22-11-13-29(27,28)23-14-16-6-5-7-16)24-18-10-12-25(15-18)19(26)17-8-3-4-9-17;/h16-18,23H,2-15H2,1H3,(H2,21,22,24);1H. The van der Waals surface area contributed by atoms with E-state index in [9.17, 15) is 13.2 Å². The second-order valence-electron chi connectivity index (χ2n) is 8.62. The Kier molecular flexibility index (Phi) is 10.6. The van der Waals surface area contributed by atoms with E-state index in [4.69, 9.17) is 0 Å². The van der Waals surface area contributed by atoms with Crippen LogP contribution in [0.15, 0.2) is 4.99 Å². The number of aliphatic imine (C=N–C) groups is 1. The summed E-state index contributed by atoms with van der Waals surface area (Å²) in [5, 5.41) is 6.56. The first-order chi connectivity index (χ1) is 14.0. The summed E-state index contributed by atoms with van der Waals surface area (Å²) in [7, 11) is -3.29. The van der Waals surface area contributed by atoms with Crippen molar-refractivity contribution in [3.05, 3.63) is 0 Å². The van der Waals surface area contributed by atoms with Crippen molar-refractivity contribution in [3.8, 4) is 0 Å². The number of carbonyl (C=O) groups excluding carboxylic acids is 1. The smallest absolute Gasteiger partial charge is 0.225 e. The molecule has 0 radical (unpaired) electrons. The number of amides is 1. The third-order valence-electron chi connectivity index (χ3n) is 6.34. The lowest BCUT2D eigenvalue weighted by molar-refractivity contribution is -0.134. The zero-order chi connectivity index (χ0) is 20.7. The molecule has 3 fully saturated rings. The molecule has 1 aliphatic heterocycles. The van der Waals surface area contributed by atoms with Crippen molar-refractivity contribution in [2.75, 3.05) is 38.5 Å². The number of halogens is 1. The lowest BCUT2D eigenvalue weighted by Crippen LogP contribution is -2.45. The van der Waals surface area contributed by atoms with Crippen molar-refractivity contribution >= 4 is 45.9 Å². The van der Waals surface area contributed by atoms with E-state index >= 15 is 0 Å². The maximum atomic E-state index is 12.6. The molecule has 3 N–H and O–H groups in total. The number of hydrogen-bond acceptors (Lipinski definition) is 4. The van der Waals surface area contributed by atoms with Crippen molar-refractivity contribution < 1.29 is 13.2 Å². The molecule has 0 aromatic rings. The molecule has 0 spiro atoms. The molecule has 2 saturated carbocycles. The average molecular weight is 556 g/mol. The van der Waals surface area contributed by atoms with Crippen molar-refractivity contribution in [1.82, 2.24) is 20.3 Å². The molecule has 1 unspecified atom stereocenters. The van der Waals surface area contributed by atoms with E-state index in [-0.39, 0.29) is 48.2 Å². The zero-order valence-electron chi connectivity index (χ0n) is 18.1. The topological polar surface area (TPSA) is 103 Å². The maximum Gasteiger partial charge on any atom is 0.225 e. The Labute approximate surface area is 198 Å². The van der Waals surface area contributed by atoms with Crippen molar-refractivity contribution in [2.24, 2.45) is 16.8 Å². The molecule has 30 heavy (non-hydrogen) atoms. The summed E-state index contributed by atoms with van der Waals surface area (Å²) in [4.78, 5) is 19.0. The molecule has 10 heteroatoms. The minimum Gasteiger partial charge on any atom is -0.357 e. The van der Waals surface area contributed by atoms with Gasteiger partial charge in [0.2, 0.25) is 15.9 Å². The molecule has 0 aromatic heterocycles. The lowest BCUT2D eigenvalue weighted by Gasteiger charge is -2.25. The van der Waals surface area contributed by atoms with Crippen LogP contribution in [-0.2, 0) is 14.8 Å². The number of likely N-dealkylation sites (tertiary alicyclic amines) is 1. The molecule has 3 aliphatic rings. The van der Waals surface area contributed by atoms with Crippen LogP contribution in [0.1, 0.15) is 58.3 Å². The molecule has 1 amide bonds. The molecule has 0 bridgehead atoms. The summed E-state index contributed by atoms with van der Waals surface area (Å²) in [5.74, 6) is 1.64. The fourth-order valence-corrected chi connectivity index (χ4v) is 5.28. The van der Waals surface area contributed by atoms with Crippen molar-refractivity contribution in [3.63, 3.8) is 0 Å². The van der Waals surface area contributed by atoms with E-state index in [1.54, 1.807) is 0 Å². The zero-order valence-corrected chi connectivity index (χ0v) is 21.2. The Hall–Kier alpha value is -0.620. The van der Waals surface area contributed by atoms with Crippen LogP contribution in [0, 0.1) is 11.8 Å².